The molecule has 11 aromatic rings. The quantitative estimate of drug-likeness (QED) is 0.152. The monoisotopic (exact) mass is 1080 g/mol. The normalized spacial score (nSPS) is 13.8. The molecule has 0 saturated heterocycles. The van der Waals surface area contributed by atoms with Crippen molar-refractivity contribution in [1.82, 2.24) is 18.7 Å². The van der Waals surface area contributed by atoms with E-state index in [0.29, 0.717) is 42.1 Å². The van der Waals surface area contributed by atoms with Gasteiger partial charge in [-0.2, -0.15) is 0 Å². The maximum atomic E-state index is 13.1. The molecule has 12 rings (SSSR count). The van der Waals surface area contributed by atoms with Crippen LogP contribution in [0, 0.1) is 3.80 Å². The molecule has 1 aliphatic carbocycles. The number of Topliss-reactive ketones (excluding diaryl/α,β-unsaturated/α-hetero) is 1. The Morgan fingerprint density at radius 2 is 1.32 bits per heavy atom. The first-order valence-electron chi connectivity index (χ1n) is 25.7. The van der Waals surface area contributed by atoms with E-state index in [0.717, 1.165) is 81.4 Å². The van der Waals surface area contributed by atoms with E-state index in [1.165, 1.54) is 5.56 Å². The topological polar surface area (TPSA) is 54.0 Å². The second-order valence-electron chi connectivity index (χ2n) is 18.6. The molecule has 1 aliphatic rings. The number of rotatable bonds is 8. The van der Waals surface area contributed by atoms with Gasteiger partial charge >= 0.3 is 323 Å². The molecule has 0 atom stereocenters. The number of fused-ring (bicyclic) bond motifs is 5. The van der Waals surface area contributed by atoms with Crippen molar-refractivity contribution in [3.63, 3.8) is 0 Å². The third-order valence-corrected chi connectivity index (χ3v) is 14.3. The number of pyridine rings is 1. The number of benzene rings is 8. The molecule has 338 valence electrons. The Morgan fingerprint density at radius 3 is 2.09 bits per heavy atom. The zero-order valence-corrected chi connectivity index (χ0v) is 40.5. The number of imidazole rings is 1. The molecule has 0 aliphatic heterocycles. The van der Waals surface area contributed by atoms with Gasteiger partial charge in [-0.05, 0) is 28.2 Å². The minimum atomic E-state index is -0.426. The van der Waals surface area contributed by atoms with Crippen LogP contribution in [0.5, 0.6) is 11.5 Å². The fourth-order valence-electron chi connectivity index (χ4n) is 10.0. The Balaban J connectivity index is 1.01. The minimum Gasteiger partial charge on any atom is -0.0617 e. The van der Waals surface area contributed by atoms with Gasteiger partial charge in [-0.3, -0.25) is 0 Å². The number of hydrogen-bond donors (Lipinski definition) is 0. The smallest absolute Gasteiger partial charge is 0.0617 e. The second kappa shape index (κ2) is 17.1. The van der Waals surface area contributed by atoms with Crippen LogP contribution in [0.2, 0.25) is 0 Å². The van der Waals surface area contributed by atoms with Gasteiger partial charge in [-0.1, -0.05) is 57.0 Å². The number of ketones is 1. The van der Waals surface area contributed by atoms with Crippen LogP contribution >= 0.6 is 0 Å². The van der Waals surface area contributed by atoms with E-state index < -0.39 is 6.04 Å². The van der Waals surface area contributed by atoms with E-state index in [9.17, 15) is 4.79 Å². The average molecular weight is 1080 g/mol. The fraction of sp³-hybridized carbons (Fsp3) is 0.113. The summed E-state index contributed by atoms with van der Waals surface area (Å²) in [5.74, 6) is 2.22. The molecule has 0 bridgehead atoms. The van der Waals surface area contributed by atoms with Crippen molar-refractivity contribution < 1.29 is 35.7 Å². The van der Waals surface area contributed by atoms with Crippen LogP contribution < -0.4 is 4.74 Å². The van der Waals surface area contributed by atoms with E-state index in [1.807, 2.05) is 72.9 Å². The SMILES string of the molecule is [2H]c1c([2H])c([2H])c(-c2ccc3c(c2)c2ccc(Oc4cccc(-n5[c](=[Pt])n(-c6c(-c7ccccc7)cc7c(c6-c6ccccc6)CCC(=O)C7)c6ccccc65)c4)cc2n3-c2cc(C(C)(C)C)ccn2)c([2H])c1[2H]. The zero-order chi connectivity index (χ0) is 51.2. The van der Waals surface area contributed by atoms with Crippen LogP contribution in [0.1, 0.15) is 50.7 Å². The summed E-state index contributed by atoms with van der Waals surface area (Å²) in [6.45, 7) is 6.51. The van der Waals surface area contributed by atoms with Crippen LogP contribution in [0.4, 0.5) is 0 Å². The zero-order valence-electron chi connectivity index (χ0n) is 43.2. The average Bonchev–Trinajstić information content (AvgIpc) is 3.93. The van der Waals surface area contributed by atoms with Gasteiger partial charge in [0, 0.05) is 6.20 Å². The summed E-state index contributed by atoms with van der Waals surface area (Å²) in [5, 5.41) is 1.72. The Hall–Kier alpha value is -7.66. The molecule has 0 amide bonds. The summed E-state index contributed by atoms with van der Waals surface area (Å²) in [4.78, 5) is 18.0. The summed E-state index contributed by atoms with van der Waals surface area (Å²) in [6.07, 6.45) is 3.42. The van der Waals surface area contributed by atoms with Crippen molar-refractivity contribution >= 4 is 38.6 Å². The maximum absolute atomic E-state index is 13.1. The molecule has 8 aromatic carbocycles. The summed E-state index contributed by atoms with van der Waals surface area (Å²) in [6, 6.07) is 54.0. The van der Waals surface area contributed by atoms with Crippen LogP contribution in [-0.4, -0.2) is 24.5 Å². The van der Waals surface area contributed by atoms with E-state index in [1.54, 1.807) is 0 Å². The van der Waals surface area contributed by atoms with Crippen LogP contribution in [-0.2, 0) is 42.4 Å². The number of aromatic nitrogens is 4. The molecule has 0 spiro atoms. The van der Waals surface area contributed by atoms with Gasteiger partial charge in [0.2, 0.25) is 0 Å². The van der Waals surface area contributed by atoms with Gasteiger partial charge in [0.25, 0.3) is 0 Å². The molecule has 7 heteroatoms. The van der Waals surface area contributed by atoms with Gasteiger partial charge in [0.15, 0.2) is 0 Å². The van der Waals surface area contributed by atoms with E-state index in [4.69, 9.17) is 16.6 Å². The molecule has 69 heavy (non-hydrogen) atoms. The first-order valence-corrected chi connectivity index (χ1v) is 24.3. The molecular weight excluding hydrogens is 1030 g/mol. The van der Waals surface area contributed by atoms with Crippen LogP contribution in [0.3, 0.4) is 0 Å². The van der Waals surface area contributed by atoms with E-state index >= 15 is 0 Å². The van der Waals surface area contributed by atoms with Crippen molar-refractivity contribution in [3.8, 4) is 62.1 Å². The molecule has 0 unspecified atom stereocenters. The molecule has 0 saturated carbocycles. The van der Waals surface area contributed by atoms with Gasteiger partial charge < -0.3 is 0 Å². The number of hydrogen-bond acceptors (Lipinski definition) is 3. The van der Waals surface area contributed by atoms with E-state index in [2.05, 4.69) is 151 Å². The Kier molecular flexibility index (Phi) is 9.27. The van der Waals surface area contributed by atoms with Crippen molar-refractivity contribution in [1.29, 1.82) is 0 Å². The summed E-state index contributed by atoms with van der Waals surface area (Å²) < 4.78 is 57.1. The van der Waals surface area contributed by atoms with Crippen LogP contribution in [0.15, 0.2) is 200 Å². The molecule has 3 aromatic heterocycles. The van der Waals surface area contributed by atoms with Crippen molar-refractivity contribution in [2.75, 3.05) is 0 Å². The molecule has 3 heterocycles. The molecular formula is C62H48N4O2Pt. The fourth-order valence-corrected chi connectivity index (χ4v) is 11.1. The van der Waals surface area contributed by atoms with Crippen molar-refractivity contribution in [2.45, 2.75) is 45.4 Å². The number of ether oxygens (including phenoxy) is 1. The number of para-hydroxylation sites is 2. The number of carbonyl (C=O) groups is 1. The van der Waals surface area contributed by atoms with Gasteiger partial charge in [0.1, 0.15) is 0 Å². The van der Waals surface area contributed by atoms with Crippen molar-refractivity contribution in [3.05, 3.63) is 221 Å². The number of carbonyl (C=O) groups excluding carboxylic acids is 1. The summed E-state index contributed by atoms with van der Waals surface area (Å²) in [5.41, 5.74) is 14.0. The molecule has 0 fully saturated rings. The third-order valence-electron chi connectivity index (χ3n) is 13.3. The predicted molar refractivity (Wildman–Crippen MR) is 277 cm³/mol. The van der Waals surface area contributed by atoms with E-state index in [-0.39, 0.29) is 40.9 Å². The Labute approximate surface area is 419 Å². The third kappa shape index (κ3) is 7.60. The van der Waals surface area contributed by atoms with Gasteiger partial charge in [-0.15, -0.1) is 0 Å². The van der Waals surface area contributed by atoms with Crippen LogP contribution in [0.25, 0.3) is 83.4 Å². The van der Waals surface area contributed by atoms with Gasteiger partial charge in [-0.25, -0.2) is 0 Å². The Morgan fingerprint density at radius 1 is 0.594 bits per heavy atom. The molecule has 0 radical (unpaired) electrons. The first kappa shape index (κ1) is 37.3. The minimum absolute atomic E-state index is 0.149. The second-order valence-corrected chi connectivity index (χ2v) is 19.6. The summed E-state index contributed by atoms with van der Waals surface area (Å²) >= 11 is 2.46. The standard InChI is InChI=1S/C62H48N4O2.Pt/c1-62(2,3)46-32-33-63-59(37-46)66-55-31-26-44(41-16-7-4-8-17-41)35-54(55)52-30-28-50(39-58(52)66)68-49-23-15-22-47(38-49)64-40-65(57-25-14-13-24-56(57)64)61-53(42-18-9-5-10-19-42)36-45-34-48(67)27-29-51(45)60(61)43-20-11-6-12-21-43;/h4-26,28,30-33,35-39H,27,29,34H2,1-3H3;/i4D,7D,8D,16D,17D;. The van der Waals surface area contributed by atoms with Gasteiger partial charge in [0.05, 0.1) is 6.85 Å². The van der Waals surface area contributed by atoms with Crippen molar-refractivity contribution in [2.24, 2.45) is 0 Å². The summed E-state index contributed by atoms with van der Waals surface area (Å²) in [7, 11) is 0. The molecule has 0 N–H and O–H groups in total. The Bertz CT molecular complexity index is 4150. The first-order chi connectivity index (χ1) is 35.7. The number of nitrogens with zero attached hydrogens (tertiary/aromatic N) is 4. The molecule has 6 nitrogen and oxygen atoms in total. The predicted octanol–water partition coefficient (Wildman–Crippen LogP) is 15.1.